The van der Waals surface area contributed by atoms with Crippen molar-refractivity contribution in [1.29, 1.82) is 0 Å². The van der Waals surface area contributed by atoms with Crippen LogP contribution in [0.5, 0.6) is 11.5 Å². The summed E-state index contributed by atoms with van der Waals surface area (Å²) in [5, 5.41) is 3.68. The fraction of sp³-hybridized carbons (Fsp3) is 0.476. The Kier molecular flexibility index (Phi) is 6.39. The third-order valence-corrected chi connectivity index (χ3v) is 6.21. The number of nitrogens with zero attached hydrogens (tertiary/aromatic N) is 1. The number of likely N-dealkylation sites (tertiary alicyclic amines) is 1. The quantitative estimate of drug-likeness (QED) is 0.815. The van der Waals surface area contributed by atoms with E-state index < -0.39 is 0 Å². The maximum atomic E-state index is 12.2. The summed E-state index contributed by atoms with van der Waals surface area (Å²) in [5.41, 5.74) is 1.08. The molecule has 0 radical (unpaired) electrons. The number of piperidine rings is 1. The first-order valence-electron chi connectivity index (χ1n) is 9.31. The van der Waals surface area contributed by atoms with Gasteiger partial charge in [0.05, 0.1) is 20.3 Å². The van der Waals surface area contributed by atoms with Gasteiger partial charge in [-0.05, 0) is 38.0 Å². The number of amides is 1. The van der Waals surface area contributed by atoms with E-state index in [1.807, 2.05) is 23.1 Å². The lowest BCUT2D eigenvalue weighted by Gasteiger charge is -2.41. The van der Waals surface area contributed by atoms with Crippen molar-refractivity contribution in [2.24, 2.45) is 0 Å². The van der Waals surface area contributed by atoms with Gasteiger partial charge in [0.1, 0.15) is 11.5 Å². The molecule has 1 amide bonds. The second-order valence-corrected chi connectivity index (χ2v) is 8.23. The number of methoxy groups -OCH3 is 2. The third-order valence-electron chi connectivity index (χ3n) is 5.14. The van der Waals surface area contributed by atoms with Crippen LogP contribution in [0.25, 0.3) is 0 Å². The van der Waals surface area contributed by atoms with Crippen LogP contribution >= 0.6 is 11.3 Å². The van der Waals surface area contributed by atoms with Crippen molar-refractivity contribution in [3.63, 3.8) is 0 Å². The molecule has 1 N–H and O–H groups in total. The number of benzene rings is 1. The highest BCUT2D eigenvalue weighted by Gasteiger charge is 2.34. The van der Waals surface area contributed by atoms with Gasteiger partial charge in [-0.2, -0.15) is 0 Å². The van der Waals surface area contributed by atoms with Crippen LogP contribution in [0.3, 0.4) is 0 Å². The molecule has 27 heavy (non-hydrogen) atoms. The molecular weight excluding hydrogens is 360 g/mol. The largest absolute Gasteiger partial charge is 0.497 e. The number of hydrogen-bond acceptors (Lipinski definition) is 5. The van der Waals surface area contributed by atoms with Crippen LogP contribution in [-0.4, -0.2) is 37.6 Å². The van der Waals surface area contributed by atoms with Gasteiger partial charge in [0.2, 0.25) is 5.91 Å². The standard InChI is InChI=1S/C21H28N2O3S/c1-14-7-10-20(27-14)21-18(6-5-11-23(21)15(2)24)22-13-16-8-9-17(25-3)12-19(16)26-4/h7-10,12,18,21-22H,5-6,11,13H2,1-4H3/t18-,21-/m1/s1. The highest BCUT2D eigenvalue weighted by atomic mass is 32.1. The van der Waals surface area contributed by atoms with Crippen LogP contribution in [0.4, 0.5) is 0 Å². The summed E-state index contributed by atoms with van der Waals surface area (Å²) in [6.45, 7) is 5.29. The van der Waals surface area contributed by atoms with Gasteiger partial charge in [-0.25, -0.2) is 0 Å². The van der Waals surface area contributed by atoms with Gasteiger partial charge < -0.3 is 19.7 Å². The first-order chi connectivity index (χ1) is 13.0. The van der Waals surface area contributed by atoms with Gasteiger partial charge in [0.15, 0.2) is 0 Å². The molecule has 1 fully saturated rings. The Labute approximate surface area is 165 Å². The molecule has 2 atom stereocenters. The second kappa shape index (κ2) is 8.76. The van der Waals surface area contributed by atoms with Crippen molar-refractivity contribution in [3.05, 3.63) is 45.6 Å². The van der Waals surface area contributed by atoms with E-state index in [4.69, 9.17) is 9.47 Å². The molecular formula is C21H28N2O3S. The van der Waals surface area contributed by atoms with Gasteiger partial charge in [-0.3, -0.25) is 4.79 Å². The smallest absolute Gasteiger partial charge is 0.220 e. The molecule has 1 aliphatic heterocycles. The van der Waals surface area contributed by atoms with Crippen LogP contribution < -0.4 is 14.8 Å². The fourth-order valence-electron chi connectivity index (χ4n) is 3.77. The Balaban J connectivity index is 1.80. The SMILES string of the molecule is COc1ccc(CN[C@@H]2CCCN(C(C)=O)[C@H]2c2ccc(C)s2)c(OC)c1. The molecule has 0 spiro atoms. The molecule has 0 aliphatic carbocycles. The van der Waals surface area contributed by atoms with Gasteiger partial charge in [0.25, 0.3) is 0 Å². The van der Waals surface area contributed by atoms with Crippen LogP contribution in [0.1, 0.15) is 41.1 Å². The summed E-state index contributed by atoms with van der Waals surface area (Å²) in [6.07, 6.45) is 2.06. The highest BCUT2D eigenvalue weighted by molar-refractivity contribution is 7.12. The second-order valence-electron chi connectivity index (χ2n) is 6.91. The lowest BCUT2D eigenvalue weighted by atomic mass is 9.94. The van der Waals surface area contributed by atoms with E-state index in [2.05, 4.69) is 24.4 Å². The number of hydrogen-bond donors (Lipinski definition) is 1. The van der Waals surface area contributed by atoms with E-state index in [1.165, 1.54) is 9.75 Å². The molecule has 146 valence electrons. The van der Waals surface area contributed by atoms with E-state index in [0.29, 0.717) is 6.54 Å². The lowest BCUT2D eigenvalue weighted by molar-refractivity contribution is -0.133. The van der Waals surface area contributed by atoms with Crippen LogP contribution in [0.15, 0.2) is 30.3 Å². The lowest BCUT2D eigenvalue weighted by Crippen LogP contribution is -2.49. The first-order valence-corrected chi connectivity index (χ1v) is 10.1. The maximum Gasteiger partial charge on any atom is 0.220 e. The number of ether oxygens (including phenoxy) is 2. The zero-order valence-corrected chi connectivity index (χ0v) is 17.3. The van der Waals surface area contributed by atoms with Crippen molar-refractivity contribution in [1.82, 2.24) is 10.2 Å². The number of aryl methyl sites for hydroxylation is 1. The average Bonchev–Trinajstić information content (AvgIpc) is 3.11. The summed E-state index contributed by atoms with van der Waals surface area (Å²) in [4.78, 5) is 16.8. The summed E-state index contributed by atoms with van der Waals surface area (Å²) >= 11 is 1.78. The predicted molar refractivity (Wildman–Crippen MR) is 109 cm³/mol. The molecule has 0 bridgehead atoms. The summed E-state index contributed by atoms with van der Waals surface area (Å²) in [7, 11) is 3.33. The predicted octanol–water partition coefficient (Wildman–Crippen LogP) is 3.92. The molecule has 0 unspecified atom stereocenters. The van der Waals surface area contributed by atoms with E-state index in [-0.39, 0.29) is 18.0 Å². The van der Waals surface area contributed by atoms with Crippen LogP contribution in [0, 0.1) is 6.92 Å². The van der Waals surface area contributed by atoms with Crippen molar-refractivity contribution in [2.45, 2.75) is 45.3 Å². The van der Waals surface area contributed by atoms with Crippen molar-refractivity contribution in [3.8, 4) is 11.5 Å². The van der Waals surface area contributed by atoms with Crippen LogP contribution in [0.2, 0.25) is 0 Å². The normalized spacial score (nSPS) is 19.8. The Hall–Kier alpha value is -2.05. The minimum absolute atomic E-state index is 0.0826. The number of rotatable bonds is 6. The van der Waals surface area contributed by atoms with Gasteiger partial charge in [0, 0.05) is 47.4 Å². The topological polar surface area (TPSA) is 50.8 Å². The summed E-state index contributed by atoms with van der Waals surface area (Å²) < 4.78 is 10.8. The molecule has 1 aromatic carbocycles. The Bertz CT molecular complexity index is 789. The molecule has 2 heterocycles. The van der Waals surface area contributed by atoms with Crippen molar-refractivity contribution < 1.29 is 14.3 Å². The summed E-state index contributed by atoms with van der Waals surface area (Å²) in [5.74, 6) is 1.73. The Morgan fingerprint density at radius 2 is 2.07 bits per heavy atom. The fourth-order valence-corrected chi connectivity index (χ4v) is 4.82. The summed E-state index contributed by atoms with van der Waals surface area (Å²) in [6, 6.07) is 10.5. The minimum atomic E-state index is 0.0826. The molecule has 1 saturated heterocycles. The minimum Gasteiger partial charge on any atom is -0.497 e. The van der Waals surface area contributed by atoms with Gasteiger partial charge in [-0.15, -0.1) is 11.3 Å². The van der Waals surface area contributed by atoms with E-state index in [1.54, 1.807) is 32.5 Å². The third kappa shape index (κ3) is 4.45. The number of carbonyl (C=O) groups excluding carboxylic acids is 1. The van der Waals surface area contributed by atoms with Crippen LogP contribution in [-0.2, 0) is 11.3 Å². The molecule has 5 nitrogen and oxygen atoms in total. The zero-order valence-electron chi connectivity index (χ0n) is 16.5. The van der Waals surface area contributed by atoms with E-state index in [9.17, 15) is 4.79 Å². The molecule has 1 aliphatic rings. The molecule has 0 saturated carbocycles. The molecule has 1 aromatic heterocycles. The van der Waals surface area contributed by atoms with E-state index >= 15 is 0 Å². The number of carbonyl (C=O) groups is 1. The van der Waals surface area contributed by atoms with Gasteiger partial charge >= 0.3 is 0 Å². The maximum absolute atomic E-state index is 12.2. The number of nitrogens with one attached hydrogen (secondary N) is 1. The Morgan fingerprint density at radius 1 is 1.26 bits per heavy atom. The Morgan fingerprint density at radius 3 is 2.70 bits per heavy atom. The monoisotopic (exact) mass is 388 g/mol. The number of thiophene rings is 1. The van der Waals surface area contributed by atoms with E-state index in [0.717, 1.165) is 36.4 Å². The average molecular weight is 389 g/mol. The van der Waals surface area contributed by atoms with Crippen molar-refractivity contribution >= 4 is 17.2 Å². The van der Waals surface area contributed by atoms with Gasteiger partial charge in [-0.1, -0.05) is 6.07 Å². The highest BCUT2D eigenvalue weighted by Crippen LogP contribution is 2.36. The molecule has 2 aromatic rings. The zero-order chi connectivity index (χ0) is 19.4. The first kappa shape index (κ1) is 19.7. The molecule has 6 heteroatoms. The van der Waals surface area contributed by atoms with Crippen molar-refractivity contribution in [2.75, 3.05) is 20.8 Å². The molecule has 3 rings (SSSR count).